The molecule has 4 heterocycles. The highest BCUT2D eigenvalue weighted by molar-refractivity contribution is 6.35. The number of carbonyl (C=O) groups excluding carboxylic acids is 2. The third-order valence-electron chi connectivity index (χ3n) is 7.37. The van der Waals surface area contributed by atoms with Gasteiger partial charge in [0.1, 0.15) is 45.8 Å². The van der Waals surface area contributed by atoms with Crippen LogP contribution in [-0.2, 0) is 4.79 Å². The van der Waals surface area contributed by atoms with E-state index in [0.717, 1.165) is 0 Å². The molecule has 1 aromatic heterocycles. The van der Waals surface area contributed by atoms with E-state index in [1.807, 2.05) is 11.8 Å². The molecule has 2 N–H and O–H groups in total. The van der Waals surface area contributed by atoms with Gasteiger partial charge in [-0.25, -0.2) is 9.37 Å². The van der Waals surface area contributed by atoms with Crippen LogP contribution < -0.4 is 25.0 Å². The van der Waals surface area contributed by atoms with Gasteiger partial charge in [0.2, 0.25) is 5.91 Å². The Kier molecular flexibility index (Phi) is 6.42. The Morgan fingerprint density at radius 2 is 2.17 bits per heavy atom. The minimum Gasteiger partial charge on any atom is -0.496 e. The summed E-state index contributed by atoms with van der Waals surface area (Å²) in [6.07, 6.45) is 1.28. The minimum absolute atomic E-state index is 0.0270. The van der Waals surface area contributed by atoms with Crippen molar-refractivity contribution in [3.05, 3.63) is 34.6 Å². The first kappa shape index (κ1) is 24.6. The van der Waals surface area contributed by atoms with Gasteiger partial charge in [-0.05, 0) is 31.9 Å². The van der Waals surface area contributed by atoms with Gasteiger partial charge >= 0.3 is 0 Å². The Labute approximate surface area is 213 Å². The van der Waals surface area contributed by atoms with Gasteiger partial charge in [-0.1, -0.05) is 17.7 Å². The van der Waals surface area contributed by atoms with Crippen molar-refractivity contribution in [1.29, 1.82) is 0 Å². The first-order chi connectivity index (χ1) is 17.3. The number of methoxy groups -OCH3 is 1. The van der Waals surface area contributed by atoms with E-state index < -0.39 is 11.4 Å². The van der Waals surface area contributed by atoms with Gasteiger partial charge in [0.05, 0.1) is 18.7 Å². The maximum absolute atomic E-state index is 15.2. The molecule has 2 fully saturated rings. The summed E-state index contributed by atoms with van der Waals surface area (Å²) >= 11 is 6.84. The monoisotopic (exact) mass is 517 g/mol. The van der Waals surface area contributed by atoms with Crippen LogP contribution in [0.15, 0.2) is 18.2 Å². The molecular weight excluding hydrogens is 489 g/mol. The van der Waals surface area contributed by atoms with E-state index in [4.69, 9.17) is 26.1 Å². The molecule has 0 aliphatic carbocycles. The fourth-order valence-electron chi connectivity index (χ4n) is 5.43. The number of hydrogen-bond acceptors (Lipinski definition) is 7. The fourth-order valence-corrected chi connectivity index (χ4v) is 5.72. The number of aromatic nitrogens is 1. The van der Waals surface area contributed by atoms with Crippen LogP contribution in [0.25, 0.3) is 11.3 Å². The van der Waals surface area contributed by atoms with Crippen LogP contribution in [0.5, 0.6) is 11.5 Å². The van der Waals surface area contributed by atoms with Crippen molar-refractivity contribution >= 4 is 29.2 Å². The van der Waals surface area contributed by atoms with E-state index in [-0.39, 0.29) is 63.6 Å². The number of nitrogens with zero attached hydrogens (tertiary/aromatic N) is 3. The number of piperazine rings is 1. The standard InChI is InChI=1S/C25H29ClFN5O4/c1-25(24(34)28-2)8-5-10-32(25)22-18-21(36-13-14-12-29-9-11-31(14)23(18)33)19(26)20(30-22)17-15(27)6-4-7-16(17)35-3/h4,6-7,14,29H,5,8-13H2,1-3H3,(H,28,34)/t14-,25+/m1/s1. The summed E-state index contributed by atoms with van der Waals surface area (Å²) in [5, 5.41) is 6.05. The summed E-state index contributed by atoms with van der Waals surface area (Å²) in [5.74, 6) is -0.400. The molecule has 0 radical (unpaired) electrons. The smallest absolute Gasteiger partial charge is 0.261 e. The van der Waals surface area contributed by atoms with Crippen molar-refractivity contribution in [2.24, 2.45) is 0 Å². The van der Waals surface area contributed by atoms with Gasteiger partial charge in [-0.3, -0.25) is 9.59 Å². The third kappa shape index (κ3) is 3.74. The van der Waals surface area contributed by atoms with Crippen LogP contribution >= 0.6 is 11.6 Å². The van der Waals surface area contributed by atoms with Crippen LogP contribution in [0, 0.1) is 5.82 Å². The zero-order valence-corrected chi connectivity index (χ0v) is 21.2. The van der Waals surface area contributed by atoms with Crippen molar-refractivity contribution in [3.63, 3.8) is 0 Å². The third-order valence-corrected chi connectivity index (χ3v) is 7.72. The van der Waals surface area contributed by atoms with Gasteiger partial charge in [-0.2, -0.15) is 0 Å². The lowest BCUT2D eigenvalue weighted by Crippen LogP contribution is -2.55. The topological polar surface area (TPSA) is 96.0 Å². The first-order valence-corrected chi connectivity index (χ1v) is 12.4. The van der Waals surface area contributed by atoms with Gasteiger partial charge in [0.15, 0.2) is 5.75 Å². The molecule has 2 saturated heterocycles. The number of pyridine rings is 1. The molecule has 2 amide bonds. The molecule has 2 aromatic rings. The number of ether oxygens (including phenoxy) is 2. The Balaban J connectivity index is 1.79. The van der Waals surface area contributed by atoms with E-state index in [2.05, 4.69) is 10.6 Å². The lowest BCUT2D eigenvalue weighted by Gasteiger charge is -2.37. The zero-order valence-electron chi connectivity index (χ0n) is 20.5. The zero-order chi connectivity index (χ0) is 25.6. The normalized spacial score (nSPS) is 23.5. The Hall–Kier alpha value is -3.11. The van der Waals surface area contributed by atoms with Gasteiger partial charge in [0.25, 0.3) is 5.91 Å². The van der Waals surface area contributed by atoms with Crippen molar-refractivity contribution in [1.82, 2.24) is 20.5 Å². The fraction of sp³-hybridized carbons (Fsp3) is 0.480. The highest BCUT2D eigenvalue weighted by atomic mass is 35.5. The maximum Gasteiger partial charge on any atom is 0.261 e. The van der Waals surface area contributed by atoms with Crippen LogP contribution in [0.4, 0.5) is 10.2 Å². The molecule has 1 aromatic carbocycles. The number of anilines is 1. The molecule has 0 saturated carbocycles. The second kappa shape index (κ2) is 9.40. The number of rotatable bonds is 4. The maximum atomic E-state index is 15.2. The lowest BCUT2D eigenvalue weighted by molar-refractivity contribution is -0.125. The minimum atomic E-state index is -0.963. The summed E-state index contributed by atoms with van der Waals surface area (Å²) in [4.78, 5) is 35.4. The van der Waals surface area contributed by atoms with Gasteiger partial charge in [0, 0.05) is 33.2 Å². The Bertz CT molecular complexity index is 1230. The average molecular weight is 518 g/mol. The Morgan fingerprint density at radius 1 is 1.36 bits per heavy atom. The Morgan fingerprint density at radius 3 is 2.92 bits per heavy atom. The van der Waals surface area contributed by atoms with Crippen LogP contribution in [-0.4, -0.2) is 80.2 Å². The number of halogens is 2. The molecule has 5 rings (SSSR count). The van der Waals surface area contributed by atoms with E-state index in [0.29, 0.717) is 39.0 Å². The summed E-state index contributed by atoms with van der Waals surface area (Å²) in [7, 11) is 3.01. The summed E-state index contributed by atoms with van der Waals surface area (Å²) in [6.45, 7) is 4.25. The quantitative estimate of drug-likeness (QED) is 0.643. The summed E-state index contributed by atoms with van der Waals surface area (Å²) in [6, 6.07) is 4.25. The van der Waals surface area contributed by atoms with E-state index in [1.54, 1.807) is 18.0 Å². The van der Waals surface area contributed by atoms with E-state index in [1.165, 1.54) is 19.2 Å². The molecule has 2 atom stereocenters. The number of fused-ring (bicyclic) bond motifs is 2. The van der Waals surface area contributed by atoms with Crippen molar-refractivity contribution in [3.8, 4) is 22.8 Å². The van der Waals surface area contributed by atoms with Crippen LogP contribution in [0.2, 0.25) is 5.02 Å². The van der Waals surface area contributed by atoms with Gasteiger partial charge in [-0.15, -0.1) is 0 Å². The molecule has 3 aliphatic heterocycles. The van der Waals surface area contributed by atoms with Gasteiger partial charge < -0.3 is 29.9 Å². The molecular formula is C25H29ClFN5O4. The number of hydrogen-bond donors (Lipinski definition) is 2. The molecule has 0 bridgehead atoms. The second-order valence-corrected chi connectivity index (χ2v) is 9.77. The number of amides is 2. The summed E-state index contributed by atoms with van der Waals surface area (Å²) in [5.41, 5.74) is -0.609. The lowest BCUT2D eigenvalue weighted by atomic mass is 9.96. The molecule has 192 valence electrons. The molecule has 0 spiro atoms. The number of nitrogens with one attached hydrogen (secondary N) is 2. The average Bonchev–Trinajstić information content (AvgIpc) is 3.22. The number of carbonyl (C=O) groups is 2. The SMILES string of the molecule is CNC(=O)[C@]1(C)CCCN1c1nc(-c2c(F)cccc2OC)c(Cl)c2c1C(=O)N1CCNC[C@@H]1CO2. The predicted molar refractivity (Wildman–Crippen MR) is 133 cm³/mol. The second-order valence-electron chi connectivity index (χ2n) is 9.39. The van der Waals surface area contributed by atoms with Crippen molar-refractivity contribution < 1.29 is 23.5 Å². The van der Waals surface area contributed by atoms with Crippen molar-refractivity contribution in [2.75, 3.05) is 51.8 Å². The van der Waals surface area contributed by atoms with Crippen LogP contribution in [0.1, 0.15) is 30.1 Å². The molecule has 3 aliphatic rings. The molecule has 0 unspecified atom stereocenters. The summed E-state index contributed by atoms with van der Waals surface area (Å²) < 4.78 is 26.8. The molecule has 9 nitrogen and oxygen atoms in total. The largest absolute Gasteiger partial charge is 0.496 e. The van der Waals surface area contributed by atoms with Crippen LogP contribution in [0.3, 0.4) is 0 Å². The molecule has 36 heavy (non-hydrogen) atoms. The van der Waals surface area contributed by atoms with Crippen molar-refractivity contribution in [2.45, 2.75) is 31.3 Å². The van der Waals surface area contributed by atoms with E-state index in [9.17, 15) is 9.59 Å². The number of likely N-dealkylation sites (N-methyl/N-ethyl adjacent to an activating group) is 1. The van der Waals surface area contributed by atoms with E-state index >= 15 is 4.39 Å². The highest BCUT2D eigenvalue weighted by Gasteiger charge is 2.47. The first-order valence-electron chi connectivity index (χ1n) is 12.0. The predicted octanol–water partition coefficient (Wildman–Crippen LogP) is 2.46. The molecule has 11 heteroatoms. The number of benzene rings is 1. The highest BCUT2D eigenvalue weighted by Crippen LogP contribution is 2.48.